The van der Waals surface area contributed by atoms with Gasteiger partial charge in [0.05, 0.1) is 6.54 Å². The summed E-state index contributed by atoms with van der Waals surface area (Å²) in [4.78, 5) is 2.72. The molecule has 0 aromatic rings. The van der Waals surface area contributed by atoms with Crippen LogP contribution in [0.4, 0.5) is 0 Å². The van der Waals surface area contributed by atoms with Gasteiger partial charge in [-0.05, 0) is 6.42 Å². The van der Waals surface area contributed by atoms with Crippen molar-refractivity contribution in [3.63, 3.8) is 0 Å². The minimum absolute atomic E-state index is 0.169. The highest BCUT2D eigenvalue weighted by Gasteiger charge is 2.31. The summed E-state index contributed by atoms with van der Waals surface area (Å²) >= 11 is 0. The van der Waals surface area contributed by atoms with E-state index in [0.29, 0.717) is 32.8 Å². The molecule has 0 unspecified atom stereocenters. The van der Waals surface area contributed by atoms with Gasteiger partial charge in [0.15, 0.2) is 0 Å². The maximum atomic E-state index is 9.42. The van der Waals surface area contributed by atoms with Gasteiger partial charge < -0.3 is 19.0 Å². The van der Waals surface area contributed by atoms with Crippen LogP contribution in [0.25, 0.3) is 0 Å². The molecular weight excluding hydrogens is 189 g/mol. The van der Waals surface area contributed by atoms with Crippen LogP contribution in [0.5, 0.6) is 0 Å². The van der Waals surface area contributed by atoms with Crippen molar-refractivity contribution in [1.29, 1.82) is 0 Å². The molecule has 1 fully saturated rings. The second-order valence-corrected chi connectivity index (χ2v) is 2.95. The molecule has 6 N–H and O–H groups in total. The maximum absolute atomic E-state index is 9.42. The molecule has 0 amide bonds. The van der Waals surface area contributed by atoms with E-state index >= 15 is 0 Å². The topological polar surface area (TPSA) is 114 Å². The first-order valence-corrected chi connectivity index (χ1v) is 4.51. The van der Waals surface area contributed by atoms with Crippen molar-refractivity contribution in [2.24, 2.45) is 11.5 Å². The molecule has 0 atom stereocenters. The first-order valence-electron chi connectivity index (χ1n) is 4.51. The number of rotatable bonds is 5. The largest absolute Gasteiger partial charge is 0.533 e. The fourth-order valence-corrected chi connectivity index (χ4v) is 1.08. The minimum atomic E-state index is -2.49. The highest BCUT2D eigenvalue weighted by Crippen LogP contribution is 2.11. The monoisotopic (exact) mass is 205 g/mol. The van der Waals surface area contributed by atoms with E-state index in [4.69, 9.17) is 25.4 Å². The van der Waals surface area contributed by atoms with E-state index in [1.54, 1.807) is 0 Å². The molecule has 0 aliphatic carbocycles. The Labute approximate surface area is 82.1 Å². The van der Waals surface area contributed by atoms with Crippen LogP contribution in [0, 0.1) is 0 Å². The number of guanidine groups is 1. The van der Waals surface area contributed by atoms with Crippen LogP contribution in [-0.4, -0.2) is 44.3 Å². The van der Waals surface area contributed by atoms with Gasteiger partial charge in [0.25, 0.3) is 0 Å². The Morgan fingerprint density at radius 2 is 2.07 bits per heavy atom. The lowest BCUT2D eigenvalue weighted by Crippen LogP contribution is -2.78. The lowest BCUT2D eigenvalue weighted by Gasteiger charge is -2.27. The molecule has 82 valence electrons. The Hall–Kier alpha value is -0.825. The van der Waals surface area contributed by atoms with E-state index in [2.05, 4.69) is 4.99 Å². The van der Waals surface area contributed by atoms with Gasteiger partial charge in [-0.25, -0.2) is 0 Å². The third-order valence-electron chi connectivity index (χ3n) is 1.72. The fourth-order valence-electron chi connectivity index (χ4n) is 1.08. The lowest BCUT2D eigenvalue weighted by molar-refractivity contribution is -0.460. The van der Waals surface area contributed by atoms with Gasteiger partial charge >= 0.3 is 12.9 Å². The SMILES string of the molecule is NC(N)=[NH+]CCCO[B-]1(O)OCCO1. The van der Waals surface area contributed by atoms with Crippen molar-refractivity contribution < 1.29 is 24.0 Å². The van der Waals surface area contributed by atoms with Gasteiger partial charge in [-0.3, -0.25) is 16.5 Å². The molecular formula is C6H16BN3O4. The van der Waals surface area contributed by atoms with Crippen molar-refractivity contribution in [1.82, 2.24) is 0 Å². The van der Waals surface area contributed by atoms with Crippen LogP contribution in [0.2, 0.25) is 0 Å². The molecule has 0 spiro atoms. The predicted octanol–water partition coefficient (Wildman–Crippen LogP) is -3.78. The molecule has 0 saturated carbocycles. The first kappa shape index (κ1) is 11.3. The minimum Gasteiger partial charge on any atom is -0.533 e. The summed E-state index contributed by atoms with van der Waals surface area (Å²) in [7, 11) is 0. The smallest absolute Gasteiger partial charge is 0.529 e. The number of nitrogens with two attached hydrogens (primary N) is 2. The summed E-state index contributed by atoms with van der Waals surface area (Å²) in [6.45, 7) is -0.879. The molecule has 1 aliphatic heterocycles. The van der Waals surface area contributed by atoms with Crippen molar-refractivity contribution >= 4 is 12.9 Å². The predicted molar refractivity (Wildman–Crippen MR) is 49.7 cm³/mol. The number of nitrogens with one attached hydrogen (secondary N) is 1. The summed E-state index contributed by atoms with van der Waals surface area (Å²) < 4.78 is 14.7. The molecule has 0 aromatic carbocycles. The van der Waals surface area contributed by atoms with E-state index in [0.717, 1.165) is 0 Å². The molecule has 1 saturated heterocycles. The first-order chi connectivity index (χ1) is 6.62. The molecule has 7 nitrogen and oxygen atoms in total. The standard InChI is InChI=1S/C6H15BN3O4/c8-6(9)10-2-1-3-12-7(11)13-4-5-14-7/h11H,1-5H2,(H4,8,9,10)/q-1/p+1. The van der Waals surface area contributed by atoms with E-state index in [-0.39, 0.29) is 5.96 Å². The Morgan fingerprint density at radius 1 is 1.43 bits per heavy atom. The van der Waals surface area contributed by atoms with Crippen LogP contribution in [-0.2, 0) is 14.0 Å². The fraction of sp³-hybridized carbons (Fsp3) is 0.833. The molecule has 0 aromatic heterocycles. The summed E-state index contributed by atoms with van der Waals surface area (Å²) in [5.74, 6) is 0.169. The van der Waals surface area contributed by atoms with Gasteiger partial charge in [-0.2, -0.15) is 0 Å². The van der Waals surface area contributed by atoms with Gasteiger partial charge in [0.2, 0.25) is 0 Å². The van der Waals surface area contributed by atoms with Crippen molar-refractivity contribution in [2.75, 3.05) is 26.4 Å². The van der Waals surface area contributed by atoms with E-state index in [9.17, 15) is 5.02 Å². The summed E-state index contributed by atoms with van der Waals surface area (Å²) in [6.07, 6.45) is 0.648. The van der Waals surface area contributed by atoms with Gasteiger partial charge in [0, 0.05) is 19.8 Å². The third kappa shape index (κ3) is 3.92. The highest BCUT2D eigenvalue weighted by atomic mass is 16.9. The van der Waals surface area contributed by atoms with E-state index < -0.39 is 6.96 Å². The van der Waals surface area contributed by atoms with Crippen molar-refractivity contribution in [3.8, 4) is 0 Å². The second-order valence-electron chi connectivity index (χ2n) is 2.95. The molecule has 0 bridgehead atoms. The average Bonchev–Trinajstić information content (AvgIpc) is 2.51. The van der Waals surface area contributed by atoms with Gasteiger partial charge in [-0.15, -0.1) is 0 Å². The molecule has 1 aliphatic rings. The van der Waals surface area contributed by atoms with Crippen molar-refractivity contribution in [2.45, 2.75) is 6.42 Å². The lowest BCUT2D eigenvalue weighted by atomic mass is 10.1. The zero-order valence-corrected chi connectivity index (χ0v) is 7.94. The van der Waals surface area contributed by atoms with Crippen LogP contribution >= 0.6 is 0 Å². The molecule has 0 radical (unpaired) electrons. The second kappa shape index (κ2) is 5.15. The molecule has 1 rings (SSSR count). The molecule has 14 heavy (non-hydrogen) atoms. The zero-order chi connectivity index (χ0) is 10.4. The molecule has 1 heterocycles. The third-order valence-corrected chi connectivity index (χ3v) is 1.72. The maximum Gasteiger partial charge on any atom is 0.529 e. The van der Waals surface area contributed by atoms with Crippen LogP contribution in [0.15, 0.2) is 0 Å². The normalized spacial score (nSPS) is 19.5. The molecule has 8 heteroatoms. The summed E-state index contributed by atoms with van der Waals surface area (Å²) in [5.41, 5.74) is 10.3. The number of hydrogen-bond acceptors (Lipinski definition) is 4. The Morgan fingerprint density at radius 3 is 2.64 bits per heavy atom. The Balaban J connectivity index is 2.06. The zero-order valence-electron chi connectivity index (χ0n) is 7.94. The van der Waals surface area contributed by atoms with E-state index in [1.807, 2.05) is 0 Å². The van der Waals surface area contributed by atoms with Crippen LogP contribution < -0.4 is 16.5 Å². The highest BCUT2D eigenvalue weighted by molar-refractivity contribution is 6.52. The Kier molecular flexibility index (Phi) is 4.14. The average molecular weight is 205 g/mol. The van der Waals surface area contributed by atoms with Crippen molar-refractivity contribution in [3.05, 3.63) is 0 Å². The van der Waals surface area contributed by atoms with Crippen LogP contribution in [0.3, 0.4) is 0 Å². The Bertz CT molecular complexity index is 203. The van der Waals surface area contributed by atoms with Gasteiger partial charge in [-0.1, -0.05) is 0 Å². The van der Waals surface area contributed by atoms with Gasteiger partial charge in [0.1, 0.15) is 0 Å². The van der Waals surface area contributed by atoms with E-state index in [1.165, 1.54) is 0 Å². The van der Waals surface area contributed by atoms with Crippen LogP contribution in [0.1, 0.15) is 6.42 Å². The number of hydrogen-bond donors (Lipinski definition) is 4. The summed E-state index contributed by atoms with van der Waals surface area (Å²) in [6, 6.07) is 0. The quantitative estimate of drug-likeness (QED) is 0.158. The summed E-state index contributed by atoms with van der Waals surface area (Å²) in [5, 5.41) is 9.42.